The highest BCUT2D eigenvalue weighted by molar-refractivity contribution is 6.12. The average Bonchev–Trinajstić information content (AvgIpc) is 2.98. The quantitative estimate of drug-likeness (QED) is 0.688. The van der Waals surface area contributed by atoms with Crippen molar-refractivity contribution in [1.82, 2.24) is 4.98 Å². The van der Waals surface area contributed by atoms with Crippen LogP contribution in [0.15, 0.2) is 54.7 Å². The molecule has 106 valence electrons. The molecule has 4 heteroatoms. The highest BCUT2D eigenvalue weighted by Crippen LogP contribution is 2.19. The number of carbonyl (C=O) groups is 1. The van der Waals surface area contributed by atoms with E-state index in [9.17, 15) is 4.79 Å². The predicted molar refractivity (Wildman–Crippen MR) is 83.5 cm³/mol. The van der Waals surface area contributed by atoms with Crippen molar-refractivity contribution in [2.24, 2.45) is 0 Å². The Morgan fingerprint density at radius 2 is 1.90 bits per heavy atom. The third-order valence-electron chi connectivity index (χ3n) is 3.45. The lowest BCUT2D eigenvalue weighted by Crippen LogP contribution is -2.12. The van der Waals surface area contributed by atoms with E-state index in [1.165, 1.54) is 0 Å². The Morgan fingerprint density at radius 3 is 2.67 bits per heavy atom. The van der Waals surface area contributed by atoms with Gasteiger partial charge in [0.2, 0.25) is 0 Å². The number of hydrogen-bond donors (Lipinski definition) is 3. The molecule has 2 aromatic carbocycles. The van der Waals surface area contributed by atoms with Gasteiger partial charge in [0.1, 0.15) is 0 Å². The van der Waals surface area contributed by atoms with Gasteiger partial charge in [0.25, 0.3) is 5.91 Å². The average molecular weight is 280 g/mol. The van der Waals surface area contributed by atoms with Crippen LogP contribution in [0.1, 0.15) is 15.9 Å². The number of benzene rings is 2. The van der Waals surface area contributed by atoms with Crippen molar-refractivity contribution in [1.29, 1.82) is 0 Å². The van der Waals surface area contributed by atoms with E-state index in [0.717, 1.165) is 22.2 Å². The molecule has 0 spiro atoms. The number of aliphatic hydroxyl groups excluding tert-OH is 1. The Kier molecular flexibility index (Phi) is 3.71. The van der Waals surface area contributed by atoms with Crippen molar-refractivity contribution >= 4 is 22.5 Å². The minimum absolute atomic E-state index is 0.126. The zero-order chi connectivity index (χ0) is 14.7. The Balaban J connectivity index is 1.81. The molecule has 3 rings (SSSR count). The van der Waals surface area contributed by atoms with Gasteiger partial charge >= 0.3 is 0 Å². The van der Waals surface area contributed by atoms with Crippen molar-refractivity contribution in [2.75, 3.05) is 11.9 Å². The molecule has 21 heavy (non-hydrogen) atoms. The van der Waals surface area contributed by atoms with Crippen molar-refractivity contribution in [3.63, 3.8) is 0 Å². The molecular formula is C17H16N2O2. The molecule has 1 amide bonds. The van der Waals surface area contributed by atoms with Gasteiger partial charge in [0.05, 0.1) is 0 Å². The SMILES string of the molecule is O=C(Nc1ccc(CCO)cc1)c1cccc2[nH]ccc12. The number of nitrogens with one attached hydrogen (secondary N) is 2. The van der Waals surface area contributed by atoms with Gasteiger partial charge in [-0.15, -0.1) is 0 Å². The number of fused-ring (bicyclic) bond motifs is 1. The van der Waals surface area contributed by atoms with Gasteiger partial charge in [-0.05, 0) is 42.3 Å². The van der Waals surface area contributed by atoms with E-state index in [1.54, 1.807) is 0 Å². The molecule has 4 nitrogen and oxygen atoms in total. The fraction of sp³-hybridized carbons (Fsp3) is 0.118. The van der Waals surface area contributed by atoms with Crippen LogP contribution in [0.5, 0.6) is 0 Å². The highest BCUT2D eigenvalue weighted by Gasteiger charge is 2.10. The second-order valence-corrected chi connectivity index (χ2v) is 4.87. The van der Waals surface area contributed by atoms with E-state index >= 15 is 0 Å². The zero-order valence-corrected chi connectivity index (χ0v) is 11.5. The number of hydrogen-bond acceptors (Lipinski definition) is 2. The fourth-order valence-corrected chi connectivity index (χ4v) is 2.37. The highest BCUT2D eigenvalue weighted by atomic mass is 16.2. The van der Waals surface area contributed by atoms with Gasteiger partial charge in [-0.1, -0.05) is 18.2 Å². The Bertz CT molecular complexity index is 760. The van der Waals surface area contributed by atoms with E-state index in [2.05, 4.69) is 10.3 Å². The first-order valence-electron chi connectivity index (χ1n) is 6.85. The zero-order valence-electron chi connectivity index (χ0n) is 11.5. The van der Waals surface area contributed by atoms with Crippen LogP contribution in [0.3, 0.4) is 0 Å². The summed E-state index contributed by atoms with van der Waals surface area (Å²) in [6.07, 6.45) is 2.45. The fourth-order valence-electron chi connectivity index (χ4n) is 2.37. The van der Waals surface area contributed by atoms with Crippen molar-refractivity contribution in [2.45, 2.75) is 6.42 Å². The molecule has 0 bridgehead atoms. The summed E-state index contributed by atoms with van der Waals surface area (Å²) in [4.78, 5) is 15.5. The summed E-state index contributed by atoms with van der Waals surface area (Å²) in [6, 6.07) is 15.0. The number of aliphatic hydroxyl groups is 1. The Hall–Kier alpha value is -2.59. The first-order chi connectivity index (χ1) is 10.3. The van der Waals surface area contributed by atoms with Crippen molar-refractivity contribution in [3.8, 4) is 0 Å². The number of carbonyl (C=O) groups excluding carboxylic acids is 1. The van der Waals surface area contributed by atoms with E-state index in [4.69, 9.17) is 5.11 Å². The van der Waals surface area contributed by atoms with Crippen LogP contribution in [0.25, 0.3) is 10.9 Å². The number of H-pyrrole nitrogens is 1. The summed E-state index contributed by atoms with van der Waals surface area (Å²) in [5.41, 5.74) is 3.38. The number of anilines is 1. The van der Waals surface area contributed by atoms with Gasteiger partial charge in [0, 0.05) is 35.0 Å². The lowest BCUT2D eigenvalue weighted by molar-refractivity contribution is 0.102. The standard InChI is InChI=1S/C17H16N2O2/c20-11-9-12-4-6-13(7-5-12)19-17(21)15-2-1-3-16-14(15)8-10-18-16/h1-8,10,18,20H,9,11H2,(H,19,21). The van der Waals surface area contributed by atoms with Crippen LogP contribution in [-0.4, -0.2) is 22.6 Å². The molecule has 0 radical (unpaired) electrons. The van der Waals surface area contributed by atoms with Crippen molar-refractivity contribution < 1.29 is 9.90 Å². The minimum atomic E-state index is -0.130. The smallest absolute Gasteiger partial charge is 0.256 e. The van der Waals surface area contributed by atoms with Crippen LogP contribution < -0.4 is 5.32 Å². The summed E-state index contributed by atoms with van der Waals surface area (Å²) in [6.45, 7) is 0.126. The first-order valence-corrected chi connectivity index (χ1v) is 6.85. The second kappa shape index (κ2) is 5.81. The number of aromatic nitrogens is 1. The van der Waals surface area contributed by atoms with Crippen LogP contribution in [0.2, 0.25) is 0 Å². The van der Waals surface area contributed by atoms with Crippen LogP contribution in [0, 0.1) is 0 Å². The van der Waals surface area contributed by atoms with Gasteiger partial charge < -0.3 is 15.4 Å². The number of rotatable bonds is 4. The molecule has 3 N–H and O–H groups in total. The van der Waals surface area contributed by atoms with E-state index < -0.39 is 0 Å². The molecule has 0 aliphatic heterocycles. The third-order valence-corrected chi connectivity index (χ3v) is 3.45. The van der Waals surface area contributed by atoms with Crippen LogP contribution in [0.4, 0.5) is 5.69 Å². The molecule has 0 aliphatic rings. The maximum atomic E-state index is 12.4. The Morgan fingerprint density at radius 1 is 1.10 bits per heavy atom. The minimum Gasteiger partial charge on any atom is -0.396 e. The number of aromatic amines is 1. The molecule has 0 saturated carbocycles. The van der Waals surface area contributed by atoms with Gasteiger partial charge in [-0.25, -0.2) is 0 Å². The monoisotopic (exact) mass is 280 g/mol. The van der Waals surface area contributed by atoms with Gasteiger partial charge in [-0.2, -0.15) is 0 Å². The van der Waals surface area contributed by atoms with Crippen molar-refractivity contribution in [3.05, 3.63) is 65.9 Å². The molecule has 0 fully saturated rings. The molecule has 0 unspecified atom stereocenters. The summed E-state index contributed by atoms with van der Waals surface area (Å²) in [5.74, 6) is -0.130. The predicted octanol–water partition coefficient (Wildman–Crippen LogP) is 2.96. The van der Waals surface area contributed by atoms with E-state index in [0.29, 0.717) is 12.0 Å². The molecule has 3 aromatic rings. The van der Waals surface area contributed by atoms with Crippen LogP contribution >= 0.6 is 0 Å². The Labute approximate surface area is 122 Å². The van der Waals surface area contributed by atoms with Crippen LogP contribution in [-0.2, 0) is 6.42 Å². The molecule has 0 atom stereocenters. The molecular weight excluding hydrogens is 264 g/mol. The normalized spacial score (nSPS) is 10.7. The lowest BCUT2D eigenvalue weighted by Gasteiger charge is -2.07. The molecule has 1 heterocycles. The maximum Gasteiger partial charge on any atom is 0.256 e. The molecule has 0 saturated heterocycles. The maximum absolute atomic E-state index is 12.4. The third kappa shape index (κ3) is 2.80. The first kappa shape index (κ1) is 13.4. The van der Waals surface area contributed by atoms with E-state index in [1.807, 2.05) is 54.7 Å². The summed E-state index contributed by atoms with van der Waals surface area (Å²) in [5, 5.41) is 12.7. The molecule has 1 aromatic heterocycles. The summed E-state index contributed by atoms with van der Waals surface area (Å²) in [7, 11) is 0. The van der Waals surface area contributed by atoms with Gasteiger partial charge in [-0.3, -0.25) is 4.79 Å². The topological polar surface area (TPSA) is 65.1 Å². The summed E-state index contributed by atoms with van der Waals surface area (Å²) >= 11 is 0. The number of amides is 1. The van der Waals surface area contributed by atoms with Gasteiger partial charge in [0.15, 0.2) is 0 Å². The lowest BCUT2D eigenvalue weighted by atomic mass is 10.1. The second-order valence-electron chi connectivity index (χ2n) is 4.87. The van der Waals surface area contributed by atoms with E-state index in [-0.39, 0.29) is 12.5 Å². The molecule has 0 aliphatic carbocycles. The summed E-state index contributed by atoms with van der Waals surface area (Å²) < 4.78 is 0. The largest absolute Gasteiger partial charge is 0.396 e.